The summed E-state index contributed by atoms with van der Waals surface area (Å²) in [4.78, 5) is 12.1. The minimum Gasteiger partial charge on any atom is -0.481 e. The van der Waals surface area contributed by atoms with Gasteiger partial charge in [0.1, 0.15) is 5.75 Å². The lowest BCUT2D eigenvalue weighted by atomic mass is 10.1. The van der Waals surface area contributed by atoms with E-state index in [2.05, 4.69) is 5.32 Å². The standard InChI is InChI=1S/C18H21NO3/c1-13-7-9-17(10-8-13)22-14(2)18(21)19-11-15-5-3-4-6-16(15)12-20/h3-10,14,20H,11-12H2,1-2H3,(H,19,21). The van der Waals surface area contributed by atoms with Crippen molar-refractivity contribution < 1.29 is 14.6 Å². The van der Waals surface area contributed by atoms with E-state index in [1.807, 2.05) is 55.5 Å². The van der Waals surface area contributed by atoms with Crippen LogP contribution >= 0.6 is 0 Å². The van der Waals surface area contributed by atoms with E-state index in [9.17, 15) is 9.90 Å². The SMILES string of the molecule is Cc1ccc(OC(C)C(=O)NCc2ccccc2CO)cc1. The monoisotopic (exact) mass is 299 g/mol. The maximum atomic E-state index is 12.1. The first kappa shape index (κ1) is 16.0. The molecule has 0 aliphatic rings. The average Bonchev–Trinajstić information content (AvgIpc) is 2.54. The Morgan fingerprint density at radius 1 is 1.14 bits per heavy atom. The van der Waals surface area contributed by atoms with Crippen molar-refractivity contribution in [1.82, 2.24) is 5.32 Å². The predicted molar refractivity (Wildman–Crippen MR) is 85.5 cm³/mol. The molecule has 0 aliphatic carbocycles. The molecular weight excluding hydrogens is 278 g/mol. The molecule has 0 aromatic heterocycles. The molecule has 0 radical (unpaired) electrons. The number of aryl methyl sites for hydroxylation is 1. The van der Waals surface area contributed by atoms with Crippen LogP contribution in [0.2, 0.25) is 0 Å². The fraction of sp³-hybridized carbons (Fsp3) is 0.278. The number of carbonyl (C=O) groups is 1. The Balaban J connectivity index is 1.90. The Bertz CT molecular complexity index is 622. The number of benzene rings is 2. The van der Waals surface area contributed by atoms with Crippen LogP contribution in [-0.2, 0) is 17.9 Å². The smallest absolute Gasteiger partial charge is 0.261 e. The summed E-state index contributed by atoms with van der Waals surface area (Å²) in [6, 6.07) is 15.0. The predicted octanol–water partition coefficient (Wildman–Crippen LogP) is 2.57. The van der Waals surface area contributed by atoms with Crippen molar-refractivity contribution in [2.24, 2.45) is 0 Å². The Kier molecular flexibility index (Phi) is 5.55. The van der Waals surface area contributed by atoms with Crippen LogP contribution in [0.25, 0.3) is 0 Å². The van der Waals surface area contributed by atoms with Crippen LogP contribution in [0.3, 0.4) is 0 Å². The number of carbonyl (C=O) groups excluding carboxylic acids is 1. The van der Waals surface area contributed by atoms with Gasteiger partial charge < -0.3 is 15.2 Å². The highest BCUT2D eigenvalue weighted by atomic mass is 16.5. The summed E-state index contributed by atoms with van der Waals surface area (Å²) in [6.07, 6.45) is -0.580. The number of hydrogen-bond donors (Lipinski definition) is 2. The van der Waals surface area contributed by atoms with Gasteiger partial charge in [-0.25, -0.2) is 0 Å². The molecule has 1 unspecified atom stereocenters. The van der Waals surface area contributed by atoms with Crippen molar-refractivity contribution in [3.63, 3.8) is 0 Å². The van der Waals surface area contributed by atoms with Crippen molar-refractivity contribution in [2.75, 3.05) is 0 Å². The second kappa shape index (κ2) is 7.61. The van der Waals surface area contributed by atoms with Crippen LogP contribution in [0.5, 0.6) is 5.75 Å². The first-order valence-electron chi connectivity index (χ1n) is 7.29. The van der Waals surface area contributed by atoms with Gasteiger partial charge in [-0.3, -0.25) is 4.79 Å². The Hall–Kier alpha value is -2.33. The molecule has 2 aromatic rings. The second-order valence-corrected chi connectivity index (χ2v) is 5.22. The van der Waals surface area contributed by atoms with Crippen molar-refractivity contribution in [3.8, 4) is 5.75 Å². The molecule has 4 heteroatoms. The van der Waals surface area contributed by atoms with E-state index in [1.165, 1.54) is 0 Å². The van der Waals surface area contributed by atoms with Gasteiger partial charge in [-0.15, -0.1) is 0 Å². The van der Waals surface area contributed by atoms with Crippen molar-refractivity contribution in [3.05, 3.63) is 65.2 Å². The first-order chi connectivity index (χ1) is 10.6. The maximum Gasteiger partial charge on any atom is 0.261 e. The summed E-state index contributed by atoms with van der Waals surface area (Å²) in [7, 11) is 0. The molecular formula is C18H21NO3. The highest BCUT2D eigenvalue weighted by Crippen LogP contribution is 2.13. The molecule has 0 aliphatic heterocycles. The van der Waals surface area contributed by atoms with Gasteiger partial charge >= 0.3 is 0 Å². The highest BCUT2D eigenvalue weighted by molar-refractivity contribution is 5.80. The number of nitrogens with one attached hydrogen (secondary N) is 1. The van der Waals surface area contributed by atoms with Gasteiger partial charge in [-0.05, 0) is 37.1 Å². The number of aliphatic hydroxyl groups excluding tert-OH is 1. The van der Waals surface area contributed by atoms with Crippen LogP contribution in [-0.4, -0.2) is 17.1 Å². The van der Waals surface area contributed by atoms with Gasteiger partial charge in [0.2, 0.25) is 0 Å². The molecule has 4 nitrogen and oxygen atoms in total. The Morgan fingerprint density at radius 2 is 1.77 bits per heavy atom. The lowest BCUT2D eigenvalue weighted by Gasteiger charge is -2.15. The van der Waals surface area contributed by atoms with E-state index >= 15 is 0 Å². The summed E-state index contributed by atoms with van der Waals surface area (Å²) < 4.78 is 5.61. The fourth-order valence-corrected chi connectivity index (χ4v) is 2.08. The van der Waals surface area contributed by atoms with Crippen LogP contribution in [0.1, 0.15) is 23.6 Å². The zero-order valence-electron chi connectivity index (χ0n) is 12.9. The molecule has 1 amide bonds. The number of rotatable bonds is 6. The fourth-order valence-electron chi connectivity index (χ4n) is 2.08. The largest absolute Gasteiger partial charge is 0.481 e. The molecule has 0 heterocycles. The number of amides is 1. The van der Waals surface area contributed by atoms with E-state index in [1.54, 1.807) is 6.92 Å². The van der Waals surface area contributed by atoms with Gasteiger partial charge in [0, 0.05) is 6.54 Å². The molecule has 2 N–H and O–H groups in total. The van der Waals surface area contributed by atoms with Crippen LogP contribution in [0, 0.1) is 6.92 Å². The zero-order valence-corrected chi connectivity index (χ0v) is 12.9. The molecule has 0 bridgehead atoms. The van der Waals surface area contributed by atoms with Gasteiger partial charge in [0.05, 0.1) is 6.61 Å². The summed E-state index contributed by atoms with van der Waals surface area (Å²) >= 11 is 0. The third kappa shape index (κ3) is 4.33. The van der Waals surface area contributed by atoms with Crippen molar-refractivity contribution in [1.29, 1.82) is 0 Å². The summed E-state index contributed by atoms with van der Waals surface area (Å²) in [5, 5.41) is 12.1. The van der Waals surface area contributed by atoms with Gasteiger partial charge in [-0.1, -0.05) is 42.0 Å². The average molecular weight is 299 g/mol. The summed E-state index contributed by atoms with van der Waals surface area (Å²) in [6.45, 7) is 4.05. The minimum atomic E-state index is -0.580. The normalized spacial score (nSPS) is 11.8. The Morgan fingerprint density at radius 3 is 2.41 bits per heavy atom. The molecule has 2 rings (SSSR count). The lowest BCUT2D eigenvalue weighted by molar-refractivity contribution is -0.127. The zero-order chi connectivity index (χ0) is 15.9. The topological polar surface area (TPSA) is 58.6 Å². The third-order valence-corrected chi connectivity index (χ3v) is 3.44. The molecule has 0 fully saturated rings. The molecule has 2 aromatic carbocycles. The van der Waals surface area contributed by atoms with Gasteiger partial charge in [0.15, 0.2) is 6.10 Å². The van der Waals surface area contributed by atoms with Crippen LogP contribution < -0.4 is 10.1 Å². The maximum absolute atomic E-state index is 12.1. The number of hydrogen-bond acceptors (Lipinski definition) is 3. The molecule has 22 heavy (non-hydrogen) atoms. The Labute approximate surface area is 130 Å². The molecule has 1 atom stereocenters. The molecule has 0 spiro atoms. The molecule has 116 valence electrons. The highest BCUT2D eigenvalue weighted by Gasteiger charge is 2.14. The molecule has 0 saturated carbocycles. The van der Waals surface area contributed by atoms with E-state index in [4.69, 9.17) is 4.74 Å². The first-order valence-corrected chi connectivity index (χ1v) is 7.29. The summed E-state index contributed by atoms with van der Waals surface area (Å²) in [5.74, 6) is 0.484. The van der Waals surface area contributed by atoms with Gasteiger partial charge in [-0.2, -0.15) is 0 Å². The number of ether oxygens (including phenoxy) is 1. The van der Waals surface area contributed by atoms with Crippen LogP contribution in [0.15, 0.2) is 48.5 Å². The molecule has 0 saturated heterocycles. The minimum absolute atomic E-state index is 0.0402. The lowest BCUT2D eigenvalue weighted by Crippen LogP contribution is -2.36. The van der Waals surface area contributed by atoms with E-state index in [0.717, 1.165) is 16.7 Å². The summed E-state index contributed by atoms with van der Waals surface area (Å²) in [5.41, 5.74) is 2.86. The van der Waals surface area contributed by atoms with E-state index < -0.39 is 6.10 Å². The van der Waals surface area contributed by atoms with Crippen molar-refractivity contribution in [2.45, 2.75) is 33.1 Å². The quantitative estimate of drug-likeness (QED) is 0.862. The van der Waals surface area contributed by atoms with E-state index in [0.29, 0.717) is 12.3 Å². The third-order valence-electron chi connectivity index (χ3n) is 3.44. The number of aliphatic hydroxyl groups is 1. The second-order valence-electron chi connectivity index (χ2n) is 5.22. The van der Waals surface area contributed by atoms with Crippen molar-refractivity contribution >= 4 is 5.91 Å². The van der Waals surface area contributed by atoms with E-state index in [-0.39, 0.29) is 12.5 Å². The van der Waals surface area contributed by atoms with Crippen LogP contribution in [0.4, 0.5) is 0 Å². The van der Waals surface area contributed by atoms with Gasteiger partial charge in [0.25, 0.3) is 5.91 Å².